The van der Waals surface area contributed by atoms with Gasteiger partial charge in [-0.2, -0.15) is 4.98 Å². The van der Waals surface area contributed by atoms with Crippen LogP contribution in [0.3, 0.4) is 0 Å². The molecule has 0 spiro atoms. The summed E-state index contributed by atoms with van der Waals surface area (Å²) in [6, 6.07) is 9.98. The molecule has 1 aromatic heterocycles. The van der Waals surface area contributed by atoms with Crippen LogP contribution in [0, 0.1) is 0 Å². The molecule has 1 fully saturated rings. The summed E-state index contributed by atoms with van der Waals surface area (Å²) in [4.78, 5) is 16.1. The maximum Gasteiger partial charge on any atom is 0.227 e. The molecule has 2 aromatic rings. The fourth-order valence-corrected chi connectivity index (χ4v) is 2.58. The Hall–Kier alpha value is -2.21. The largest absolute Gasteiger partial charge is 0.376 e. The fourth-order valence-electron chi connectivity index (χ4n) is 2.58. The van der Waals surface area contributed by atoms with Crippen LogP contribution in [-0.2, 0) is 22.4 Å². The first kappa shape index (κ1) is 15.7. The molecule has 0 radical (unpaired) electrons. The number of nitrogens with one attached hydrogen (secondary N) is 1. The molecule has 1 aliphatic heterocycles. The fraction of sp³-hybridized carbons (Fsp3) is 0.471. The predicted octanol–water partition coefficient (Wildman–Crippen LogP) is 1.89. The van der Waals surface area contributed by atoms with E-state index in [2.05, 4.69) is 15.5 Å². The zero-order chi connectivity index (χ0) is 15.9. The number of aryl methyl sites for hydroxylation is 1. The number of carbonyl (C=O) groups is 1. The van der Waals surface area contributed by atoms with Gasteiger partial charge in [0.15, 0.2) is 5.82 Å². The van der Waals surface area contributed by atoms with Crippen LogP contribution < -0.4 is 5.32 Å². The van der Waals surface area contributed by atoms with Crippen molar-refractivity contribution in [1.29, 1.82) is 0 Å². The number of hydrogen-bond donors (Lipinski definition) is 1. The zero-order valence-electron chi connectivity index (χ0n) is 13.0. The minimum Gasteiger partial charge on any atom is -0.376 e. The highest BCUT2D eigenvalue weighted by atomic mass is 16.5. The Morgan fingerprint density at radius 3 is 2.96 bits per heavy atom. The van der Waals surface area contributed by atoms with Crippen molar-refractivity contribution in [1.82, 2.24) is 15.5 Å². The van der Waals surface area contributed by atoms with Gasteiger partial charge in [-0.05, 0) is 18.4 Å². The second kappa shape index (κ2) is 7.87. The number of rotatable bonds is 7. The van der Waals surface area contributed by atoms with Gasteiger partial charge >= 0.3 is 0 Å². The number of amides is 1. The van der Waals surface area contributed by atoms with E-state index in [1.807, 2.05) is 30.3 Å². The van der Waals surface area contributed by atoms with Crippen LogP contribution in [0.15, 0.2) is 34.9 Å². The van der Waals surface area contributed by atoms with Gasteiger partial charge in [-0.3, -0.25) is 4.79 Å². The normalized spacial score (nSPS) is 17.3. The first-order valence-corrected chi connectivity index (χ1v) is 8.03. The van der Waals surface area contributed by atoms with Crippen molar-refractivity contribution in [3.05, 3.63) is 47.6 Å². The van der Waals surface area contributed by atoms with Gasteiger partial charge in [0.1, 0.15) is 0 Å². The average molecular weight is 315 g/mol. The van der Waals surface area contributed by atoms with Crippen molar-refractivity contribution in [2.24, 2.45) is 0 Å². The monoisotopic (exact) mass is 315 g/mol. The number of ether oxygens (including phenoxy) is 1. The molecule has 1 atom stereocenters. The molecule has 3 rings (SSSR count). The number of benzene rings is 1. The van der Waals surface area contributed by atoms with E-state index in [0.29, 0.717) is 37.5 Å². The summed E-state index contributed by atoms with van der Waals surface area (Å²) >= 11 is 0. The van der Waals surface area contributed by atoms with Crippen molar-refractivity contribution < 1.29 is 14.1 Å². The Bertz CT molecular complexity index is 621. The number of aromatic nitrogens is 2. The lowest BCUT2D eigenvalue weighted by molar-refractivity contribution is -0.121. The molecule has 1 unspecified atom stereocenters. The van der Waals surface area contributed by atoms with Crippen molar-refractivity contribution in [2.75, 3.05) is 13.2 Å². The lowest BCUT2D eigenvalue weighted by atomic mass is 10.1. The van der Waals surface area contributed by atoms with E-state index in [1.165, 1.54) is 0 Å². The summed E-state index contributed by atoms with van der Waals surface area (Å²) in [5, 5.41) is 6.85. The van der Waals surface area contributed by atoms with Crippen molar-refractivity contribution in [3.63, 3.8) is 0 Å². The van der Waals surface area contributed by atoms with Gasteiger partial charge in [0, 0.05) is 32.4 Å². The second-order valence-electron chi connectivity index (χ2n) is 5.71. The first-order chi connectivity index (χ1) is 11.3. The zero-order valence-corrected chi connectivity index (χ0v) is 13.0. The van der Waals surface area contributed by atoms with Crippen LogP contribution in [0.1, 0.15) is 36.5 Å². The Kier molecular flexibility index (Phi) is 5.37. The maximum atomic E-state index is 11.8. The van der Waals surface area contributed by atoms with E-state index in [9.17, 15) is 4.79 Å². The highest BCUT2D eigenvalue weighted by molar-refractivity contribution is 5.76. The molecule has 6 nitrogen and oxygen atoms in total. The summed E-state index contributed by atoms with van der Waals surface area (Å²) in [7, 11) is 0. The molecular weight excluding hydrogens is 294 g/mol. The van der Waals surface area contributed by atoms with Gasteiger partial charge in [0.25, 0.3) is 0 Å². The van der Waals surface area contributed by atoms with E-state index < -0.39 is 0 Å². The Balaban J connectivity index is 1.41. The summed E-state index contributed by atoms with van der Waals surface area (Å²) in [6.07, 6.45) is 3.70. The lowest BCUT2D eigenvalue weighted by Crippen LogP contribution is -2.31. The maximum absolute atomic E-state index is 11.8. The smallest absolute Gasteiger partial charge is 0.227 e. The summed E-state index contributed by atoms with van der Waals surface area (Å²) in [5.41, 5.74) is 1.13. The molecule has 1 aliphatic rings. The summed E-state index contributed by atoms with van der Waals surface area (Å²) in [5.74, 6) is 1.14. The van der Waals surface area contributed by atoms with Crippen LogP contribution in [-0.4, -0.2) is 35.3 Å². The molecule has 1 N–H and O–H groups in total. The lowest BCUT2D eigenvalue weighted by Gasteiger charge is -2.09. The van der Waals surface area contributed by atoms with E-state index in [0.717, 1.165) is 25.0 Å². The molecule has 1 amide bonds. The van der Waals surface area contributed by atoms with Gasteiger partial charge in [-0.15, -0.1) is 0 Å². The molecule has 2 heterocycles. The number of nitrogens with zero attached hydrogens (tertiary/aromatic N) is 2. The van der Waals surface area contributed by atoms with Crippen LogP contribution >= 0.6 is 0 Å². The molecule has 0 aliphatic carbocycles. The SMILES string of the molecule is O=C(CCc1nc(Cc2ccccc2)no1)NCC1CCCO1. The van der Waals surface area contributed by atoms with Gasteiger partial charge in [0.2, 0.25) is 11.8 Å². The molecule has 0 saturated carbocycles. The topological polar surface area (TPSA) is 77.2 Å². The van der Waals surface area contributed by atoms with Gasteiger partial charge in [-0.1, -0.05) is 35.5 Å². The summed E-state index contributed by atoms with van der Waals surface area (Å²) < 4.78 is 10.7. The molecule has 1 saturated heterocycles. The van der Waals surface area contributed by atoms with Crippen molar-refractivity contribution in [2.45, 2.75) is 38.2 Å². The van der Waals surface area contributed by atoms with Crippen LogP contribution in [0.4, 0.5) is 0 Å². The standard InChI is InChI=1S/C17H21N3O3/c21-16(18-12-14-7-4-10-22-14)8-9-17-19-15(20-23-17)11-13-5-2-1-3-6-13/h1-3,5-6,14H,4,7-12H2,(H,18,21). The van der Waals surface area contributed by atoms with E-state index in [4.69, 9.17) is 9.26 Å². The van der Waals surface area contributed by atoms with E-state index in [1.54, 1.807) is 0 Å². The predicted molar refractivity (Wildman–Crippen MR) is 83.9 cm³/mol. The minimum atomic E-state index is -0.0108. The molecular formula is C17H21N3O3. The number of carbonyl (C=O) groups excluding carboxylic acids is 1. The third kappa shape index (κ3) is 4.89. The molecule has 6 heteroatoms. The Labute approximate surface area is 135 Å². The van der Waals surface area contributed by atoms with E-state index in [-0.39, 0.29) is 12.0 Å². The molecule has 1 aromatic carbocycles. The Morgan fingerprint density at radius 2 is 2.17 bits per heavy atom. The van der Waals surface area contributed by atoms with E-state index >= 15 is 0 Å². The second-order valence-corrected chi connectivity index (χ2v) is 5.71. The first-order valence-electron chi connectivity index (χ1n) is 8.03. The third-order valence-corrected chi connectivity index (χ3v) is 3.83. The van der Waals surface area contributed by atoms with Crippen LogP contribution in [0.25, 0.3) is 0 Å². The molecule has 23 heavy (non-hydrogen) atoms. The van der Waals surface area contributed by atoms with Crippen LogP contribution in [0.2, 0.25) is 0 Å². The van der Waals surface area contributed by atoms with Gasteiger partial charge in [-0.25, -0.2) is 0 Å². The summed E-state index contributed by atoms with van der Waals surface area (Å²) in [6.45, 7) is 1.38. The Morgan fingerprint density at radius 1 is 1.30 bits per heavy atom. The molecule has 122 valence electrons. The highest BCUT2D eigenvalue weighted by Gasteiger charge is 2.16. The molecule has 0 bridgehead atoms. The third-order valence-electron chi connectivity index (χ3n) is 3.83. The van der Waals surface area contributed by atoms with Gasteiger partial charge < -0.3 is 14.6 Å². The van der Waals surface area contributed by atoms with Gasteiger partial charge in [0.05, 0.1) is 6.10 Å². The highest BCUT2D eigenvalue weighted by Crippen LogP contribution is 2.11. The van der Waals surface area contributed by atoms with Crippen LogP contribution in [0.5, 0.6) is 0 Å². The van der Waals surface area contributed by atoms with Crippen molar-refractivity contribution in [3.8, 4) is 0 Å². The average Bonchev–Trinajstić information content (AvgIpc) is 3.24. The quantitative estimate of drug-likeness (QED) is 0.844. The number of hydrogen-bond acceptors (Lipinski definition) is 5. The van der Waals surface area contributed by atoms with Crippen molar-refractivity contribution >= 4 is 5.91 Å². The minimum absolute atomic E-state index is 0.0108.